The molecule has 0 atom stereocenters. The molecule has 1 aromatic rings. The van der Waals surface area contributed by atoms with Gasteiger partial charge in [-0.25, -0.2) is 4.39 Å². The summed E-state index contributed by atoms with van der Waals surface area (Å²) in [4.78, 5) is 11.7. The molecule has 2 nitrogen and oxygen atoms in total. The van der Waals surface area contributed by atoms with Gasteiger partial charge in [0.25, 0.3) is 0 Å². The molecule has 1 aliphatic rings. The lowest BCUT2D eigenvalue weighted by atomic mass is 9.85. The van der Waals surface area contributed by atoms with E-state index >= 15 is 0 Å². The zero-order valence-corrected chi connectivity index (χ0v) is 10.3. The highest BCUT2D eigenvalue weighted by Crippen LogP contribution is 2.43. The summed E-state index contributed by atoms with van der Waals surface area (Å²) in [5, 5.41) is 2.72. The fraction of sp³-hybridized carbons (Fsp3) is 0.364. The van der Waals surface area contributed by atoms with Gasteiger partial charge in [0.2, 0.25) is 5.91 Å². The van der Waals surface area contributed by atoms with Gasteiger partial charge >= 0.3 is 0 Å². The molecule has 1 heterocycles. The summed E-state index contributed by atoms with van der Waals surface area (Å²) in [6.07, 6.45) is 0. The van der Waals surface area contributed by atoms with Crippen molar-refractivity contribution in [1.29, 1.82) is 0 Å². The topological polar surface area (TPSA) is 29.1 Å². The molecular formula is C11H11BrFNO. The average molecular weight is 272 g/mol. The Morgan fingerprint density at radius 3 is 2.67 bits per heavy atom. The van der Waals surface area contributed by atoms with Crippen molar-refractivity contribution in [1.82, 2.24) is 0 Å². The fourth-order valence-corrected chi connectivity index (χ4v) is 2.42. The van der Waals surface area contributed by atoms with Gasteiger partial charge in [0, 0.05) is 5.56 Å². The Morgan fingerprint density at radius 1 is 1.47 bits per heavy atom. The van der Waals surface area contributed by atoms with Crippen molar-refractivity contribution < 1.29 is 9.18 Å². The minimum absolute atomic E-state index is 0.155. The summed E-state index contributed by atoms with van der Waals surface area (Å²) in [5.74, 6) is -0.503. The van der Waals surface area contributed by atoms with E-state index in [0.717, 1.165) is 5.56 Å². The van der Waals surface area contributed by atoms with Crippen LogP contribution in [0.2, 0.25) is 0 Å². The molecule has 80 valence electrons. The second-order valence-electron chi connectivity index (χ2n) is 4.32. The van der Waals surface area contributed by atoms with Gasteiger partial charge in [-0.1, -0.05) is 0 Å². The molecule has 2 rings (SSSR count). The molecule has 0 saturated heterocycles. The van der Waals surface area contributed by atoms with E-state index in [-0.39, 0.29) is 11.7 Å². The highest BCUT2D eigenvalue weighted by Gasteiger charge is 2.42. The van der Waals surface area contributed by atoms with Crippen LogP contribution in [0.1, 0.15) is 25.0 Å². The Kier molecular flexibility index (Phi) is 2.15. The number of aryl methyl sites for hydroxylation is 1. The highest BCUT2D eigenvalue weighted by molar-refractivity contribution is 9.10. The Morgan fingerprint density at radius 2 is 2.07 bits per heavy atom. The maximum atomic E-state index is 13.9. The van der Waals surface area contributed by atoms with Crippen LogP contribution in [0.5, 0.6) is 0 Å². The first kappa shape index (κ1) is 10.6. The van der Waals surface area contributed by atoms with E-state index in [9.17, 15) is 9.18 Å². The Labute approximate surface area is 96.0 Å². The Balaban J connectivity index is 2.81. The van der Waals surface area contributed by atoms with Gasteiger partial charge in [-0.15, -0.1) is 0 Å². The van der Waals surface area contributed by atoms with Crippen LogP contribution in [-0.2, 0) is 10.2 Å². The van der Waals surface area contributed by atoms with E-state index in [1.165, 1.54) is 0 Å². The van der Waals surface area contributed by atoms with E-state index < -0.39 is 5.41 Å². The molecule has 1 aliphatic heterocycles. The Bertz CT molecular complexity index is 468. The van der Waals surface area contributed by atoms with Gasteiger partial charge in [0.05, 0.1) is 15.6 Å². The van der Waals surface area contributed by atoms with Crippen LogP contribution in [0.25, 0.3) is 0 Å². The van der Waals surface area contributed by atoms with Crippen molar-refractivity contribution >= 4 is 27.5 Å². The van der Waals surface area contributed by atoms with Crippen LogP contribution in [0, 0.1) is 12.7 Å². The number of fused-ring (bicyclic) bond motifs is 1. The summed E-state index contributed by atoms with van der Waals surface area (Å²) in [5.41, 5.74) is 1.15. The Hall–Kier alpha value is -0.900. The van der Waals surface area contributed by atoms with E-state index in [1.807, 2.05) is 6.92 Å². The molecule has 1 N–H and O–H groups in total. The zero-order valence-electron chi connectivity index (χ0n) is 8.74. The number of carbonyl (C=O) groups is 1. The number of rotatable bonds is 0. The molecule has 0 aromatic heterocycles. The van der Waals surface area contributed by atoms with Gasteiger partial charge in [-0.2, -0.15) is 0 Å². The SMILES string of the molecule is Cc1cc(Br)c(F)c2c1NC(=O)C2(C)C. The molecule has 0 spiro atoms. The third-order valence-corrected chi connectivity index (χ3v) is 3.42. The molecule has 0 saturated carbocycles. The second kappa shape index (κ2) is 3.04. The van der Waals surface area contributed by atoms with Crippen molar-refractivity contribution in [2.45, 2.75) is 26.2 Å². The van der Waals surface area contributed by atoms with Crippen LogP contribution in [0.15, 0.2) is 10.5 Å². The molecule has 4 heteroatoms. The number of benzene rings is 1. The van der Waals surface area contributed by atoms with Crippen molar-refractivity contribution in [2.75, 3.05) is 5.32 Å². The summed E-state index contributed by atoms with van der Waals surface area (Å²) < 4.78 is 14.3. The predicted octanol–water partition coefficient (Wildman–Crippen LogP) is 3.13. The summed E-state index contributed by atoms with van der Waals surface area (Å²) in [6.45, 7) is 5.30. The molecule has 15 heavy (non-hydrogen) atoms. The summed E-state index contributed by atoms with van der Waals surface area (Å²) in [6, 6.07) is 1.68. The molecular weight excluding hydrogens is 261 g/mol. The quantitative estimate of drug-likeness (QED) is 0.772. The number of halogens is 2. The first-order valence-corrected chi connectivity index (χ1v) is 5.45. The highest BCUT2D eigenvalue weighted by atomic mass is 79.9. The smallest absolute Gasteiger partial charge is 0.234 e. The van der Waals surface area contributed by atoms with Gasteiger partial charge in [0.15, 0.2) is 0 Å². The zero-order chi connectivity index (χ0) is 11.4. The maximum absolute atomic E-state index is 13.9. The summed E-state index contributed by atoms with van der Waals surface area (Å²) >= 11 is 3.16. The first-order chi connectivity index (χ1) is 6.85. The largest absolute Gasteiger partial charge is 0.325 e. The van der Waals surface area contributed by atoms with Crippen LogP contribution in [0.4, 0.5) is 10.1 Å². The van der Waals surface area contributed by atoms with E-state index in [2.05, 4.69) is 21.2 Å². The monoisotopic (exact) mass is 271 g/mol. The maximum Gasteiger partial charge on any atom is 0.234 e. The number of amides is 1. The molecule has 1 aromatic carbocycles. The minimum atomic E-state index is -0.798. The standard InChI is InChI=1S/C11H11BrFNO/c1-5-4-6(12)8(13)7-9(5)14-10(15)11(7,2)3/h4H,1-3H3,(H,14,15). The lowest BCUT2D eigenvalue weighted by Gasteiger charge is -2.16. The lowest BCUT2D eigenvalue weighted by Crippen LogP contribution is -2.27. The predicted molar refractivity (Wildman–Crippen MR) is 60.5 cm³/mol. The second-order valence-corrected chi connectivity index (χ2v) is 5.17. The van der Waals surface area contributed by atoms with Gasteiger partial charge in [-0.05, 0) is 48.3 Å². The average Bonchev–Trinajstić information content (AvgIpc) is 2.36. The lowest BCUT2D eigenvalue weighted by molar-refractivity contribution is -0.119. The fourth-order valence-electron chi connectivity index (χ4n) is 1.88. The molecule has 1 amide bonds. The van der Waals surface area contributed by atoms with Crippen molar-refractivity contribution in [3.63, 3.8) is 0 Å². The van der Waals surface area contributed by atoms with Crippen molar-refractivity contribution in [3.05, 3.63) is 27.5 Å². The van der Waals surface area contributed by atoms with Gasteiger partial charge < -0.3 is 5.32 Å². The van der Waals surface area contributed by atoms with Crippen LogP contribution in [-0.4, -0.2) is 5.91 Å². The first-order valence-electron chi connectivity index (χ1n) is 4.66. The number of carbonyl (C=O) groups excluding carboxylic acids is 1. The molecule has 0 bridgehead atoms. The summed E-state index contributed by atoms with van der Waals surface area (Å²) in [7, 11) is 0. The van der Waals surface area contributed by atoms with E-state index in [0.29, 0.717) is 15.7 Å². The van der Waals surface area contributed by atoms with Crippen LogP contribution in [0.3, 0.4) is 0 Å². The number of hydrogen-bond donors (Lipinski definition) is 1. The number of hydrogen-bond acceptors (Lipinski definition) is 1. The third kappa shape index (κ3) is 1.31. The molecule has 0 radical (unpaired) electrons. The molecule has 0 aliphatic carbocycles. The molecule has 0 unspecified atom stereocenters. The third-order valence-electron chi connectivity index (χ3n) is 2.85. The van der Waals surface area contributed by atoms with E-state index in [4.69, 9.17) is 0 Å². The van der Waals surface area contributed by atoms with E-state index in [1.54, 1.807) is 19.9 Å². The van der Waals surface area contributed by atoms with Gasteiger partial charge in [0.1, 0.15) is 5.82 Å². The van der Waals surface area contributed by atoms with Crippen molar-refractivity contribution in [3.8, 4) is 0 Å². The minimum Gasteiger partial charge on any atom is -0.325 e. The van der Waals surface area contributed by atoms with Crippen LogP contribution < -0.4 is 5.32 Å². The van der Waals surface area contributed by atoms with Gasteiger partial charge in [-0.3, -0.25) is 4.79 Å². The normalized spacial score (nSPS) is 17.5. The number of nitrogens with one attached hydrogen (secondary N) is 1. The number of anilines is 1. The molecule has 0 fully saturated rings. The van der Waals surface area contributed by atoms with Crippen LogP contribution >= 0.6 is 15.9 Å². The van der Waals surface area contributed by atoms with Crippen molar-refractivity contribution in [2.24, 2.45) is 0 Å².